The van der Waals surface area contributed by atoms with Crippen molar-refractivity contribution in [1.29, 1.82) is 0 Å². The third kappa shape index (κ3) is 5.01. The van der Waals surface area contributed by atoms with Gasteiger partial charge in [0.1, 0.15) is 5.82 Å². The van der Waals surface area contributed by atoms with Gasteiger partial charge in [-0.15, -0.1) is 9.39 Å². The van der Waals surface area contributed by atoms with Crippen molar-refractivity contribution in [2.24, 2.45) is 5.84 Å². The van der Waals surface area contributed by atoms with Crippen LogP contribution in [0.2, 0.25) is 0 Å². The summed E-state index contributed by atoms with van der Waals surface area (Å²) in [5.41, 5.74) is 1.87. The monoisotopic (exact) mass is 401 g/mol. The highest BCUT2D eigenvalue weighted by Gasteiger charge is 2.30. The number of carbonyl (C=O) groups excluding carboxylic acids is 1. The number of amides is 1. The van der Waals surface area contributed by atoms with Crippen LogP contribution in [-0.4, -0.2) is 23.9 Å². The standard InChI is InChI=1S/C18H19F4N3OS/c1-27(2,3)25(15-8-6-14(7-9-15)18(20,21)22)11-13-5-4-12(10-16(13)19)17(26)24-23/h4-10H,1-2,11,23H2,3H3,(H,24,26). The fraction of sp³-hybridized carbons (Fsp3) is 0.167. The van der Waals surface area contributed by atoms with Crippen molar-refractivity contribution < 1.29 is 22.4 Å². The van der Waals surface area contributed by atoms with Gasteiger partial charge in [0.05, 0.1) is 12.1 Å². The summed E-state index contributed by atoms with van der Waals surface area (Å²) in [5, 5.41) is 0. The maximum absolute atomic E-state index is 14.4. The molecule has 0 fully saturated rings. The number of benzene rings is 2. The van der Waals surface area contributed by atoms with Crippen molar-refractivity contribution in [2.75, 3.05) is 10.6 Å². The lowest BCUT2D eigenvalue weighted by Crippen LogP contribution is -2.30. The van der Waals surface area contributed by atoms with Crippen molar-refractivity contribution >= 4 is 32.7 Å². The number of hydrogen-bond donors (Lipinski definition) is 2. The molecule has 0 bridgehead atoms. The van der Waals surface area contributed by atoms with Crippen molar-refractivity contribution in [3.63, 3.8) is 0 Å². The highest BCUT2D eigenvalue weighted by Crippen LogP contribution is 2.35. The molecule has 146 valence electrons. The number of nitrogens with two attached hydrogens (primary N) is 1. The van der Waals surface area contributed by atoms with Crippen LogP contribution in [-0.2, 0) is 12.7 Å². The number of nitrogen functional groups attached to an aromatic ring is 1. The highest BCUT2D eigenvalue weighted by atomic mass is 32.2. The zero-order valence-electron chi connectivity index (χ0n) is 14.5. The molecule has 0 aliphatic carbocycles. The van der Waals surface area contributed by atoms with E-state index in [4.69, 9.17) is 5.84 Å². The molecule has 4 nitrogen and oxygen atoms in total. The van der Waals surface area contributed by atoms with Crippen LogP contribution in [0.15, 0.2) is 42.5 Å². The number of anilines is 1. The van der Waals surface area contributed by atoms with Gasteiger partial charge in [-0.3, -0.25) is 10.2 Å². The average Bonchev–Trinajstić information content (AvgIpc) is 2.58. The van der Waals surface area contributed by atoms with Crippen LogP contribution in [0.1, 0.15) is 21.5 Å². The topological polar surface area (TPSA) is 58.4 Å². The lowest BCUT2D eigenvalue weighted by Gasteiger charge is -2.31. The van der Waals surface area contributed by atoms with Crippen molar-refractivity contribution in [1.82, 2.24) is 5.43 Å². The predicted molar refractivity (Wildman–Crippen MR) is 103 cm³/mol. The van der Waals surface area contributed by atoms with Gasteiger partial charge >= 0.3 is 6.18 Å². The minimum Gasteiger partial charge on any atom is -0.324 e. The van der Waals surface area contributed by atoms with Crippen LogP contribution in [0.25, 0.3) is 0 Å². The predicted octanol–water partition coefficient (Wildman–Crippen LogP) is 3.67. The summed E-state index contributed by atoms with van der Waals surface area (Å²) in [7, 11) is -1.93. The van der Waals surface area contributed by atoms with Crippen LogP contribution in [0.4, 0.5) is 23.2 Å². The van der Waals surface area contributed by atoms with E-state index < -0.39 is 32.9 Å². The Balaban J connectivity index is 2.38. The third-order valence-electron chi connectivity index (χ3n) is 3.77. The van der Waals surface area contributed by atoms with E-state index in [2.05, 4.69) is 11.7 Å². The van der Waals surface area contributed by atoms with Crippen LogP contribution in [0.5, 0.6) is 0 Å². The zero-order valence-corrected chi connectivity index (χ0v) is 15.3. The molecule has 0 heterocycles. The molecular weight excluding hydrogens is 382 g/mol. The number of halogens is 4. The average molecular weight is 401 g/mol. The summed E-state index contributed by atoms with van der Waals surface area (Å²) in [6, 6.07) is 8.39. The third-order valence-corrected chi connectivity index (χ3v) is 5.18. The first-order chi connectivity index (χ1) is 12.4. The van der Waals surface area contributed by atoms with Crippen LogP contribution in [0.3, 0.4) is 0 Å². The van der Waals surface area contributed by atoms with Gasteiger partial charge in [-0.2, -0.15) is 13.2 Å². The summed E-state index contributed by atoms with van der Waals surface area (Å²) in [6.45, 7) is 0.0283. The highest BCUT2D eigenvalue weighted by molar-refractivity contribution is 8.28. The van der Waals surface area contributed by atoms with E-state index >= 15 is 0 Å². The molecule has 0 aromatic heterocycles. The maximum Gasteiger partial charge on any atom is 0.416 e. The Labute approximate surface area is 155 Å². The van der Waals surface area contributed by atoms with E-state index in [1.54, 1.807) is 10.6 Å². The summed E-state index contributed by atoms with van der Waals surface area (Å²) < 4.78 is 54.3. The van der Waals surface area contributed by atoms with Crippen LogP contribution >= 0.6 is 9.39 Å². The van der Waals surface area contributed by atoms with E-state index in [0.717, 1.165) is 18.2 Å². The number of nitrogens with zero attached hydrogens (tertiary/aromatic N) is 1. The first kappa shape index (κ1) is 20.8. The summed E-state index contributed by atoms with van der Waals surface area (Å²) in [6.07, 6.45) is -2.71. The molecule has 0 atom stereocenters. The molecule has 2 aromatic carbocycles. The number of alkyl halides is 3. The summed E-state index contributed by atoms with van der Waals surface area (Å²) >= 11 is 0. The normalized spacial score (nSPS) is 11.9. The first-order valence-electron chi connectivity index (χ1n) is 7.62. The largest absolute Gasteiger partial charge is 0.416 e. The van der Waals surface area contributed by atoms with Gasteiger partial charge in [0, 0.05) is 16.8 Å². The lowest BCUT2D eigenvalue weighted by atomic mass is 10.1. The molecule has 3 N–H and O–H groups in total. The molecule has 1 amide bonds. The molecule has 0 aliphatic heterocycles. The molecule has 2 rings (SSSR count). The molecule has 0 radical (unpaired) electrons. The van der Waals surface area contributed by atoms with Crippen LogP contribution in [0, 0.1) is 5.82 Å². The molecule has 2 aromatic rings. The molecule has 0 saturated carbocycles. The summed E-state index contributed by atoms with van der Waals surface area (Å²) in [5.74, 6) is 11.7. The van der Waals surface area contributed by atoms with Crippen molar-refractivity contribution in [3.8, 4) is 0 Å². The van der Waals surface area contributed by atoms with Gasteiger partial charge in [-0.25, -0.2) is 10.2 Å². The second kappa shape index (κ2) is 7.61. The quantitative estimate of drug-likeness (QED) is 0.264. The number of rotatable bonds is 5. The van der Waals surface area contributed by atoms with Crippen molar-refractivity contribution in [2.45, 2.75) is 12.7 Å². The minimum absolute atomic E-state index is 0.0283. The van der Waals surface area contributed by atoms with Gasteiger partial charge in [0.15, 0.2) is 0 Å². The Kier molecular flexibility index (Phi) is 5.86. The second-order valence-corrected chi connectivity index (χ2v) is 8.97. The first-order valence-corrected chi connectivity index (χ1v) is 9.96. The second-order valence-electron chi connectivity index (χ2n) is 6.08. The molecular formula is C18H19F4N3OS. The minimum atomic E-state index is -4.44. The molecule has 0 aliphatic rings. The Bertz CT molecular complexity index is 938. The molecule has 9 heteroatoms. The van der Waals surface area contributed by atoms with Gasteiger partial charge in [-0.1, -0.05) is 17.8 Å². The molecule has 27 heavy (non-hydrogen) atoms. The van der Waals surface area contributed by atoms with Gasteiger partial charge in [0.2, 0.25) is 0 Å². The Morgan fingerprint density at radius 2 is 1.78 bits per heavy atom. The maximum atomic E-state index is 14.4. The van der Waals surface area contributed by atoms with Gasteiger partial charge in [0.25, 0.3) is 5.91 Å². The fourth-order valence-electron chi connectivity index (χ4n) is 2.37. The zero-order chi connectivity index (χ0) is 20.4. The fourth-order valence-corrected chi connectivity index (χ4v) is 3.45. The summed E-state index contributed by atoms with van der Waals surface area (Å²) in [4.78, 5) is 11.5. The Hall–Kier alpha value is -2.52. The Morgan fingerprint density at radius 3 is 2.22 bits per heavy atom. The van der Waals surface area contributed by atoms with Crippen LogP contribution < -0.4 is 15.6 Å². The number of nitrogens with one attached hydrogen (secondary N) is 1. The number of hydrogen-bond acceptors (Lipinski definition) is 3. The number of hydrazine groups is 1. The number of carbonyl (C=O) groups is 1. The van der Waals surface area contributed by atoms with E-state index in [0.29, 0.717) is 5.69 Å². The van der Waals surface area contributed by atoms with E-state index in [9.17, 15) is 22.4 Å². The smallest absolute Gasteiger partial charge is 0.324 e. The van der Waals surface area contributed by atoms with E-state index in [1.807, 2.05) is 5.43 Å². The molecule has 0 spiro atoms. The van der Waals surface area contributed by atoms with Gasteiger partial charge < -0.3 is 4.31 Å². The lowest BCUT2D eigenvalue weighted by molar-refractivity contribution is -0.137. The van der Waals surface area contributed by atoms with Crippen molar-refractivity contribution in [3.05, 3.63) is 65.0 Å². The van der Waals surface area contributed by atoms with E-state index in [-0.39, 0.29) is 17.7 Å². The van der Waals surface area contributed by atoms with Gasteiger partial charge in [-0.05, 0) is 42.7 Å². The molecule has 0 saturated heterocycles. The Morgan fingerprint density at radius 1 is 1.19 bits per heavy atom. The molecule has 0 unspecified atom stereocenters. The SMILES string of the molecule is C=S(=C)(C)N(Cc1ccc(C(=O)NN)cc1F)c1ccc(C(F)(F)F)cc1. The van der Waals surface area contributed by atoms with E-state index in [1.165, 1.54) is 24.3 Å².